The van der Waals surface area contributed by atoms with E-state index >= 15 is 0 Å². The van der Waals surface area contributed by atoms with Gasteiger partial charge in [-0.1, -0.05) is 5.16 Å². The number of carbonyl (C=O) groups is 2. The van der Waals surface area contributed by atoms with Crippen molar-refractivity contribution in [3.63, 3.8) is 0 Å². The van der Waals surface area contributed by atoms with E-state index in [1.807, 2.05) is 13.0 Å². The molecule has 2 fully saturated rings. The first kappa shape index (κ1) is 18.8. The van der Waals surface area contributed by atoms with Gasteiger partial charge in [0.1, 0.15) is 0 Å². The number of hydrogen-bond acceptors (Lipinski definition) is 7. The SMILES string of the molecule is Cc1noc2nc(C3CC3)cc(C(=O)N3CCOC(CN(C)CC(=O)O)C3)c12. The Morgan fingerprint density at radius 2 is 2.18 bits per heavy atom. The number of ether oxygens (including phenoxy) is 1. The van der Waals surface area contributed by atoms with Crippen LogP contribution in [0.15, 0.2) is 10.6 Å². The Kier molecular flexibility index (Phi) is 5.03. The van der Waals surface area contributed by atoms with Gasteiger partial charge < -0.3 is 19.3 Å². The number of carboxylic acid groups (broad SMARTS) is 1. The van der Waals surface area contributed by atoms with Gasteiger partial charge >= 0.3 is 5.97 Å². The Balaban J connectivity index is 1.55. The highest BCUT2D eigenvalue weighted by molar-refractivity contribution is 6.06. The van der Waals surface area contributed by atoms with Gasteiger partial charge in [0.2, 0.25) is 0 Å². The van der Waals surface area contributed by atoms with Crippen molar-refractivity contribution in [2.45, 2.75) is 31.8 Å². The van der Waals surface area contributed by atoms with Gasteiger partial charge in [-0.3, -0.25) is 14.5 Å². The van der Waals surface area contributed by atoms with Crippen molar-refractivity contribution >= 4 is 23.0 Å². The molecule has 2 aliphatic rings. The lowest BCUT2D eigenvalue weighted by molar-refractivity contribution is -0.138. The standard InChI is InChI=1S/C19H24N4O5/c1-11-17-14(7-15(12-3-4-12)20-18(17)28-21-11)19(26)23-5-6-27-13(9-23)8-22(2)10-16(24)25/h7,12-13H,3-6,8-10H2,1-2H3,(H,24,25). The number of rotatable bonds is 6. The van der Waals surface area contributed by atoms with E-state index in [-0.39, 0.29) is 18.6 Å². The molecular weight excluding hydrogens is 364 g/mol. The van der Waals surface area contributed by atoms with Crippen LogP contribution in [0.5, 0.6) is 0 Å². The topological polar surface area (TPSA) is 109 Å². The Bertz CT molecular complexity index is 907. The molecule has 28 heavy (non-hydrogen) atoms. The molecule has 1 saturated heterocycles. The Morgan fingerprint density at radius 1 is 1.39 bits per heavy atom. The maximum absolute atomic E-state index is 13.3. The molecule has 1 aliphatic carbocycles. The molecule has 2 aromatic rings. The number of hydrogen-bond donors (Lipinski definition) is 1. The van der Waals surface area contributed by atoms with Crippen molar-refractivity contribution in [1.29, 1.82) is 0 Å². The second kappa shape index (κ2) is 7.48. The van der Waals surface area contributed by atoms with E-state index < -0.39 is 5.97 Å². The van der Waals surface area contributed by atoms with E-state index in [1.165, 1.54) is 0 Å². The summed E-state index contributed by atoms with van der Waals surface area (Å²) in [6.07, 6.45) is 1.93. The molecule has 4 rings (SSSR count). The lowest BCUT2D eigenvalue weighted by Gasteiger charge is -2.34. The highest BCUT2D eigenvalue weighted by atomic mass is 16.5. The van der Waals surface area contributed by atoms with Crippen LogP contribution >= 0.6 is 0 Å². The highest BCUT2D eigenvalue weighted by Crippen LogP contribution is 2.40. The number of fused-ring (bicyclic) bond motifs is 1. The molecule has 0 radical (unpaired) electrons. The third-order valence-corrected chi connectivity index (χ3v) is 5.21. The van der Waals surface area contributed by atoms with E-state index in [4.69, 9.17) is 14.4 Å². The zero-order valence-electron chi connectivity index (χ0n) is 16.1. The van der Waals surface area contributed by atoms with Gasteiger partial charge in [-0.15, -0.1) is 0 Å². The fourth-order valence-electron chi connectivity index (χ4n) is 3.70. The summed E-state index contributed by atoms with van der Waals surface area (Å²) in [6, 6.07) is 1.88. The highest BCUT2D eigenvalue weighted by Gasteiger charge is 2.32. The van der Waals surface area contributed by atoms with Gasteiger partial charge in [0.15, 0.2) is 0 Å². The van der Waals surface area contributed by atoms with E-state index in [0.717, 1.165) is 18.5 Å². The summed E-state index contributed by atoms with van der Waals surface area (Å²) in [4.78, 5) is 32.2. The molecule has 0 aromatic carbocycles. The minimum Gasteiger partial charge on any atom is -0.480 e. The molecule has 9 heteroatoms. The number of carbonyl (C=O) groups excluding carboxylic acids is 1. The molecule has 0 spiro atoms. The first-order valence-electron chi connectivity index (χ1n) is 9.50. The quantitative estimate of drug-likeness (QED) is 0.788. The lowest BCUT2D eigenvalue weighted by Crippen LogP contribution is -2.49. The Morgan fingerprint density at radius 3 is 2.89 bits per heavy atom. The second-order valence-electron chi connectivity index (χ2n) is 7.65. The molecule has 1 saturated carbocycles. The third-order valence-electron chi connectivity index (χ3n) is 5.21. The fourth-order valence-corrected chi connectivity index (χ4v) is 3.70. The third kappa shape index (κ3) is 3.85. The van der Waals surface area contributed by atoms with Gasteiger partial charge in [0.25, 0.3) is 11.6 Å². The molecule has 0 bridgehead atoms. The number of aliphatic carboxylic acids is 1. The van der Waals surface area contributed by atoms with Gasteiger partial charge in [-0.25, -0.2) is 4.98 Å². The minimum absolute atomic E-state index is 0.0661. The summed E-state index contributed by atoms with van der Waals surface area (Å²) >= 11 is 0. The summed E-state index contributed by atoms with van der Waals surface area (Å²) in [5, 5.41) is 13.6. The summed E-state index contributed by atoms with van der Waals surface area (Å²) in [5.74, 6) is -0.584. The zero-order chi connectivity index (χ0) is 19.8. The van der Waals surface area contributed by atoms with Crippen LogP contribution in [-0.2, 0) is 9.53 Å². The predicted molar refractivity (Wildman–Crippen MR) is 99.3 cm³/mol. The fraction of sp³-hybridized carbons (Fsp3) is 0.579. The summed E-state index contributed by atoms with van der Waals surface area (Å²) < 4.78 is 11.1. The summed E-state index contributed by atoms with van der Waals surface area (Å²) in [6.45, 7) is 3.51. The van der Waals surface area contributed by atoms with Crippen LogP contribution in [0.2, 0.25) is 0 Å². The van der Waals surface area contributed by atoms with E-state index in [1.54, 1.807) is 16.8 Å². The van der Waals surface area contributed by atoms with Crippen LogP contribution in [-0.4, -0.2) is 82.9 Å². The van der Waals surface area contributed by atoms with Crippen LogP contribution in [0.25, 0.3) is 11.1 Å². The Hall–Kier alpha value is -2.52. The maximum Gasteiger partial charge on any atom is 0.317 e. The number of amides is 1. The average molecular weight is 388 g/mol. The molecule has 1 atom stereocenters. The van der Waals surface area contributed by atoms with Crippen molar-refractivity contribution in [3.05, 3.63) is 23.0 Å². The molecule has 1 aliphatic heterocycles. The number of pyridine rings is 1. The summed E-state index contributed by atoms with van der Waals surface area (Å²) in [7, 11) is 1.73. The van der Waals surface area contributed by atoms with E-state index in [0.29, 0.717) is 54.5 Å². The van der Waals surface area contributed by atoms with Gasteiger partial charge in [0.05, 0.1) is 35.9 Å². The number of carboxylic acids is 1. The van der Waals surface area contributed by atoms with Crippen LogP contribution in [0, 0.1) is 6.92 Å². The van der Waals surface area contributed by atoms with Crippen molar-refractivity contribution < 1.29 is 24.0 Å². The molecule has 1 N–H and O–H groups in total. The summed E-state index contributed by atoms with van der Waals surface area (Å²) in [5.41, 5.74) is 2.53. The normalized spacial score (nSPS) is 20.1. The molecule has 1 amide bonds. The number of aromatic nitrogens is 2. The maximum atomic E-state index is 13.3. The van der Waals surface area contributed by atoms with Crippen molar-refractivity contribution in [3.8, 4) is 0 Å². The van der Waals surface area contributed by atoms with Crippen LogP contribution < -0.4 is 0 Å². The van der Waals surface area contributed by atoms with Crippen LogP contribution in [0.3, 0.4) is 0 Å². The molecule has 3 heterocycles. The first-order valence-corrected chi connectivity index (χ1v) is 9.50. The number of aryl methyl sites for hydroxylation is 1. The number of likely N-dealkylation sites (N-methyl/N-ethyl adjacent to an activating group) is 1. The second-order valence-corrected chi connectivity index (χ2v) is 7.65. The van der Waals surface area contributed by atoms with Gasteiger partial charge in [0, 0.05) is 31.2 Å². The molecule has 150 valence electrons. The minimum atomic E-state index is -0.888. The lowest BCUT2D eigenvalue weighted by atomic mass is 10.1. The predicted octanol–water partition coefficient (Wildman–Crippen LogP) is 1.27. The smallest absolute Gasteiger partial charge is 0.317 e. The first-order chi connectivity index (χ1) is 13.4. The molecule has 1 unspecified atom stereocenters. The van der Waals surface area contributed by atoms with Crippen molar-refractivity contribution in [2.75, 3.05) is 39.8 Å². The van der Waals surface area contributed by atoms with Crippen molar-refractivity contribution in [1.82, 2.24) is 19.9 Å². The largest absolute Gasteiger partial charge is 0.480 e. The van der Waals surface area contributed by atoms with Crippen LogP contribution in [0.4, 0.5) is 0 Å². The van der Waals surface area contributed by atoms with Gasteiger partial charge in [-0.05, 0) is 32.9 Å². The monoisotopic (exact) mass is 388 g/mol. The zero-order valence-corrected chi connectivity index (χ0v) is 16.1. The molecule has 2 aromatic heterocycles. The number of morpholine rings is 1. The van der Waals surface area contributed by atoms with Crippen LogP contribution in [0.1, 0.15) is 40.5 Å². The average Bonchev–Trinajstić information content (AvgIpc) is 3.43. The Labute approximate surface area is 162 Å². The van der Waals surface area contributed by atoms with E-state index in [9.17, 15) is 9.59 Å². The van der Waals surface area contributed by atoms with Gasteiger partial charge in [-0.2, -0.15) is 0 Å². The molecular formula is C19H24N4O5. The van der Waals surface area contributed by atoms with E-state index in [2.05, 4.69) is 10.1 Å². The molecule has 9 nitrogen and oxygen atoms in total. The number of nitrogens with zero attached hydrogens (tertiary/aromatic N) is 4. The van der Waals surface area contributed by atoms with Crippen molar-refractivity contribution in [2.24, 2.45) is 0 Å².